The standard InChI is InChI=1S/C11H16BrN3/c1-3-11(2)6-14-9-4-8(12)5-13-10(9)15-7-11/h4-5,14H,3,6-7H2,1-2H3,(H,13,15). The number of hydrogen-bond donors (Lipinski definition) is 2. The molecule has 1 aromatic heterocycles. The molecule has 4 heteroatoms. The van der Waals surface area contributed by atoms with Gasteiger partial charge in [0.15, 0.2) is 0 Å². The molecule has 2 rings (SSSR count). The fourth-order valence-electron chi connectivity index (χ4n) is 1.63. The van der Waals surface area contributed by atoms with Crippen molar-refractivity contribution in [2.75, 3.05) is 23.7 Å². The van der Waals surface area contributed by atoms with Gasteiger partial charge in [-0.25, -0.2) is 4.98 Å². The van der Waals surface area contributed by atoms with E-state index in [0.717, 1.165) is 35.5 Å². The smallest absolute Gasteiger partial charge is 0.149 e. The molecule has 1 atom stereocenters. The largest absolute Gasteiger partial charge is 0.381 e. The van der Waals surface area contributed by atoms with Crippen molar-refractivity contribution >= 4 is 27.4 Å². The lowest BCUT2D eigenvalue weighted by molar-refractivity contribution is 0.360. The fraction of sp³-hybridized carbons (Fsp3) is 0.545. The van der Waals surface area contributed by atoms with Crippen LogP contribution < -0.4 is 10.6 Å². The van der Waals surface area contributed by atoms with Gasteiger partial charge in [0.1, 0.15) is 5.82 Å². The molecule has 0 saturated carbocycles. The van der Waals surface area contributed by atoms with Crippen LogP contribution in [0.25, 0.3) is 0 Å². The molecule has 0 saturated heterocycles. The minimum atomic E-state index is 0.299. The van der Waals surface area contributed by atoms with Crippen LogP contribution in [0.3, 0.4) is 0 Å². The molecule has 0 spiro atoms. The van der Waals surface area contributed by atoms with E-state index < -0.39 is 0 Å². The van der Waals surface area contributed by atoms with E-state index in [1.54, 1.807) is 0 Å². The van der Waals surface area contributed by atoms with Crippen molar-refractivity contribution in [2.45, 2.75) is 20.3 Å². The van der Waals surface area contributed by atoms with Crippen LogP contribution in [-0.4, -0.2) is 18.1 Å². The van der Waals surface area contributed by atoms with E-state index in [4.69, 9.17) is 0 Å². The van der Waals surface area contributed by atoms with Crippen molar-refractivity contribution in [3.05, 3.63) is 16.7 Å². The number of hydrogen-bond acceptors (Lipinski definition) is 3. The highest BCUT2D eigenvalue weighted by molar-refractivity contribution is 9.10. The molecule has 0 amide bonds. The van der Waals surface area contributed by atoms with Crippen LogP contribution in [-0.2, 0) is 0 Å². The molecule has 2 N–H and O–H groups in total. The summed E-state index contributed by atoms with van der Waals surface area (Å²) in [6, 6.07) is 2.07. The number of fused-ring (bicyclic) bond motifs is 1. The second-order valence-corrected chi connectivity index (χ2v) is 5.34. The summed E-state index contributed by atoms with van der Waals surface area (Å²) in [5, 5.41) is 6.85. The summed E-state index contributed by atoms with van der Waals surface area (Å²) in [5.74, 6) is 0.954. The molecule has 1 unspecified atom stereocenters. The summed E-state index contributed by atoms with van der Waals surface area (Å²) in [6.07, 6.45) is 2.98. The average Bonchev–Trinajstić information content (AvgIpc) is 2.40. The van der Waals surface area contributed by atoms with Crippen molar-refractivity contribution in [3.8, 4) is 0 Å². The molecule has 0 aliphatic carbocycles. The molecule has 0 bridgehead atoms. The Kier molecular flexibility index (Phi) is 2.87. The molecule has 1 aromatic rings. The van der Waals surface area contributed by atoms with Gasteiger partial charge in [0.2, 0.25) is 0 Å². The first kappa shape index (κ1) is 10.7. The van der Waals surface area contributed by atoms with Gasteiger partial charge < -0.3 is 10.6 Å². The Bertz CT molecular complexity index is 367. The summed E-state index contributed by atoms with van der Waals surface area (Å²) < 4.78 is 1.01. The molecule has 0 aromatic carbocycles. The van der Waals surface area contributed by atoms with E-state index in [9.17, 15) is 0 Å². The Hall–Kier alpha value is -0.770. The normalized spacial score (nSPS) is 24.7. The lowest BCUT2D eigenvalue weighted by Gasteiger charge is -2.25. The van der Waals surface area contributed by atoms with E-state index in [1.807, 2.05) is 6.20 Å². The van der Waals surface area contributed by atoms with Crippen LogP contribution in [0.2, 0.25) is 0 Å². The minimum Gasteiger partial charge on any atom is -0.381 e. The second kappa shape index (κ2) is 4.00. The van der Waals surface area contributed by atoms with E-state index in [2.05, 4.69) is 51.5 Å². The van der Waals surface area contributed by atoms with E-state index in [1.165, 1.54) is 0 Å². The molecule has 2 heterocycles. The lowest BCUT2D eigenvalue weighted by Crippen LogP contribution is -2.30. The van der Waals surface area contributed by atoms with Gasteiger partial charge in [-0.3, -0.25) is 0 Å². The number of anilines is 2. The van der Waals surface area contributed by atoms with Crippen LogP contribution in [0.1, 0.15) is 20.3 Å². The molecule has 82 valence electrons. The predicted molar refractivity (Wildman–Crippen MR) is 67.3 cm³/mol. The van der Waals surface area contributed by atoms with E-state index in [0.29, 0.717) is 5.41 Å². The van der Waals surface area contributed by atoms with E-state index in [-0.39, 0.29) is 0 Å². The zero-order valence-electron chi connectivity index (χ0n) is 9.10. The van der Waals surface area contributed by atoms with Gasteiger partial charge in [0.25, 0.3) is 0 Å². The lowest BCUT2D eigenvalue weighted by atomic mass is 9.88. The molecule has 1 aliphatic heterocycles. The van der Waals surface area contributed by atoms with Crippen molar-refractivity contribution in [2.24, 2.45) is 5.41 Å². The first-order valence-electron chi connectivity index (χ1n) is 5.26. The molecule has 0 radical (unpaired) electrons. The maximum absolute atomic E-state index is 4.36. The number of nitrogens with zero attached hydrogens (tertiary/aromatic N) is 1. The minimum absolute atomic E-state index is 0.299. The number of rotatable bonds is 1. The highest BCUT2D eigenvalue weighted by Crippen LogP contribution is 2.31. The summed E-state index contributed by atoms with van der Waals surface area (Å²) in [6.45, 7) is 6.47. The zero-order valence-corrected chi connectivity index (χ0v) is 10.7. The van der Waals surface area contributed by atoms with Crippen molar-refractivity contribution in [1.82, 2.24) is 4.98 Å². The Morgan fingerprint density at radius 1 is 1.47 bits per heavy atom. The summed E-state index contributed by atoms with van der Waals surface area (Å²) in [7, 11) is 0. The highest BCUT2D eigenvalue weighted by Gasteiger charge is 2.25. The third-order valence-electron chi connectivity index (χ3n) is 3.10. The van der Waals surface area contributed by atoms with Crippen LogP contribution in [0.15, 0.2) is 16.7 Å². The molecule has 0 fully saturated rings. The first-order valence-corrected chi connectivity index (χ1v) is 6.05. The Morgan fingerprint density at radius 3 is 2.93 bits per heavy atom. The topological polar surface area (TPSA) is 37.0 Å². The van der Waals surface area contributed by atoms with Crippen molar-refractivity contribution < 1.29 is 0 Å². The third kappa shape index (κ3) is 2.25. The predicted octanol–water partition coefficient (Wildman–Crippen LogP) is 3.10. The maximum Gasteiger partial charge on any atom is 0.149 e. The summed E-state index contributed by atoms with van der Waals surface area (Å²) >= 11 is 3.43. The third-order valence-corrected chi connectivity index (χ3v) is 3.53. The average molecular weight is 270 g/mol. The maximum atomic E-state index is 4.36. The highest BCUT2D eigenvalue weighted by atomic mass is 79.9. The van der Waals surface area contributed by atoms with Gasteiger partial charge in [0.05, 0.1) is 5.69 Å². The van der Waals surface area contributed by atoms with Crippen LogP contribution in [0.4, 0.5) is 11.5 Å². The zero-order chi connectivity index (χ0) is 10.9. The Morgan fingerprint density at radius 2 is 2.20 bits per heavy atom. The number of pyridine rings is 1. The van der Waals surface area contributed by atoms with Crippen LogP contribution >= 0.6 is 15.9 Å². The Balaban J connectivity index is 2.25. The molecular weight excluding hydrogens is 254 g/mol. The second-order valence-electron chi connectivity index (χ2n) is 4.42. The van der Waals surface area contributed by atoms with Gasteiger partial charge in [-0.2, -0.15) is 0 Å². The van der Waals surface area contributed by atoms with Crippen molar-refractivity contribution in [1.29, 1.82) is 0 Å². The Labute approximate surface area is 98.8 Å². The molecular formula is C11H16BrN3. The quantitative estimate of drug-likeness (QED) is 0.823. The number of nitrogens with one attached hydrogen (secondary N) is 2. The van der Waals surface area contributed by atoms with Gasteiger partial charge in [-0.1, -0.05) is 13.8 Å². The molecule has 1 aliphatic rings. The van der Waals surface area contributed by atoms with Gasteiger partial charge in [-0.05, 0) is 28.4 Å². The fourth-order valence-corrected chi connectivity index (χ4v) is 1.96. The van der Waals surface area contributed by atoms with Crippen LogP contribution in [0.5, 0.6) is 0 Å². The van der Waals surface area contributed by atoms with Crippen molar-refractivity contribution in [3.63, 3.8) is 0 Å². The van der Waals surface area contributed by atoms with Crippen LogP contribution in [0, 0.1) is 5.41 Å². The first-order chi connectivity index (χ1) is 7.13. The van der Waals surface area contributed by atoms with Gasteiger partial charge in [-0.15, -0.1) is 0 Å². The molecule has 15 heavy (non-hydrogen) atoms. The van der Waals surface area contributed by atoms with Gasteiger partial charge >= 0.3 is 0 Å². The van der Waals surface area contributed by atoms with E-state index >= 15 is 0 Å². The SMILES string of the molecule is CCC1(C)CNc2cc(Br)cnc2NC1. The van der Waals surface area contributed by atoms with Gasteiger partial charge in [0, 0.05) is 29.2 Å². The number of halogens is 1. The molecule has 3 nitrogen and oxygen atoms in total. The monoisotopic (exact) mass is 269 g/mol. The summed E-state index contributed by atoms with van der Waals surface area (Å²) in [5.41, 5.74) is 1.38. The summed E-state index contributed by atoms with van der Waals surface area (Å²) in [4.78, 5) is 4.36. The number of aromatic nitrogens is 1.